The van der Waals surface area contributed by atoms with Crippen molar-refractivity contribution in [2.45, 2.75) is 19.9 Å². The first-order valence-electron chi connectivity index (χ1n) is 7.87. The van der Waals surface area contributed by atoms with Crippen LogP contribution in [0, 0.1) is 6.92 Å². The van der Waals surface area contributed by atoms with E-state index in [9.17, 15) is 4.79 Å². The Balaban J connectivity index is 1.53. The number of carbonyl (C=O) groups is 1. The normalized spacial score (nSPS) is 15.7. The summed E-state index contributed by atoms with van der Waals surface area (Å²) >= 11 is 14.0. The van der Waals surface area contributed by atoms with E-state index >= 15 is 0 Å². The number of rotatable bonds is 4. The summed E-state index contributed by atoms with van der Waals surface area (Å²) in [5, 5.41) is 4.30. The van der Waals surface area contributed by atoms with E-state index in [0.717, 1.165) is 43.4 Å². The molecule has 128 valence electrons. The van der Waals surface area contributed by atoms with Gasteiger partial charge in [0.1, 0.15) is 0 Å². The van der Waals surface area contributed by atoms with Crippen LogP contribution in [-0.4, -0.2) is 46.9 Å². The Morgan fingerprint density at radius 3 is 2.46 bits per heavy atom. The Morgan fingerprint density at radius 1 is 1.21 bits per heavy atom. The van der Waals surface area contributed by atoms with Crippen molar-refractivity contribution >= 4 is 40.4 Å². The Labute approximate surface area is 156 Å². The lowest BCUT2D eigenvalue weighted by atomic mass is 10.1. The minimum Gasteiger partial charge on any atom is -0.340 e. The lowest BCUT2D eigenvalue weighted by Crippen LogP contribution is -2.48. The molecule has 1 aliphatic heterocycles. The standard InChI is InChI=1S/C17H19Cl2N3OS/c1-12-20-13(11-24-12)10-21-5-7-22(8-6-21)17(23)9-14-15(18)3-2-4-16(14)19/h2-4,11H,5-10H2,1H3. The van der Waals surface area contributed by atoms with Crippen LogP contribution in [0.15, 0.2) is 23.6 Å². The van der Waals surface area contributed by atoms with E-state index in [1.807, 2.05) is 11.8 Å². The van der Waals surface area contributed by atoms with Gasteiger partial charge in [-0.2, -0.15) is 0 Å². The van der Waals surface area contributed by atoms with Crippen molar-refractivity contribution in [1.29, 1.82) is 0 Å². The largest absolute Gasteiger partial charge is 0.340 e. The van der Waals surface area contributed by atoms with Crippen molar-refractivity contribution in [3.8, 4) is 0 Å². The number of hydrogen-bond donors (Lipinski definition) is 0. The average Bonchev–Trinajstić information content (AvgIpc) is 2.96. The van der Waals surface area contributed by atoms with Crippen molar-refractivity contribution in [3.05, 3.63) is 49.9 Å². The maximum atomic E-state index is 12.5. The summed E-state index contributed by atoms with van der Waals surface area (Å²) in [7, 11) is 0. The number of amides is 1. The zero-order chi connectivity index (χ0) is 17.1. The fraction of sp³-hybridized carbons (Fsp3) is 0.412. The lowest BCUT2D eigenvalue weighted by molar-refractivity contribution is -0.132. The summed E-state index contributed by atoms with van der Waals surface area (Å²) in [5.41, 5.74) is 1.83. The van der Waals surface area contributed by atoms with Gasteiger partial charge in [-0.3, -0.25) is 9.69 Å². The molecule has 1 aliphatic rings. The molecular formula is C17H19Cl2N3OS. The molecule has 24 heavy (non-hydrogen) atoms. The molecule has 1 saturated heterocycles. The molecule has 3 rings (SSSR count). The molecule has 0 spiro atoms. The van der Waals surface area contributed by atoms with Gasteiger partial charge in [0.05, 0.1) is 17.1 Å². The van der Waals surface area contributed by atoms with Crippen LogP contribution in [0.25, 0.3) is 0 Å². The molecule has 0 radical (unpaired) electrons. The van der Waals surface area contributed by atoms with Crippen LogP contribution in [-0.2, 0) is 17.8 Å². The lowest BCUT2D eigenvalue weighted by Gasteiger charge is -2.34. The molecule has 0 N–H and O–H groups in total. The fourth-order valence-corrected chi connectivity index (χ4v) is 3.96. The summed E-state index contributed by atoms with van der Waals surface area (Å²) < 4.78 is 0. The van der Waals surface area contributed by atoms with Crippen molar-refractivity contribution < 1.29 is 4.79 Å². The van der Waals surface area contributed by atoms with Crippen molar-refractivity contribution in [2.24, 2.45) is 0 Å². The number of benzene rings is 1. The van der Waals surface area contributed by atoms with Gasteiger partial charge in [0.2, 0.25) is 5.91 Å². The van der Waals surface area contributed by atoms with Gasteiger partial charge >= 0.3 is 0 Å². The topological polar surface area (TPSA) is 36.4 Å². The van der Waals surface area contributed by atoms with Crippen LogP contribution >= 0.6 is 34.5 Å². The van der Waals surface area contributed by atoms with Crippen LogP contribution in [0.4, 0.5) is 0 Å². The number of thiazole rings is 1. The molecule has 0 bridgehead atoms. The maximum absolute atomic E-state index is 12.5. The van der Waals surface area contributed by atoms with Crippen LogP contribution in [0.1, 0.15) is 16.3 Å². The summed E-state index contributed by atoms with van der Waals surface area (Å²) in [4.78, 5) is 21.2. The zero-order valence-electron chi connectivity index (χ0n) is 13.5. The molecule has 1 fully saturated rings. The number of aromatic nitrogens is 1. The summed E-state index contributed by atoms with van der Waals surface area (Å²) in [5.74, 6) is 0.0779. The highest BCUT2D eigenvalue weighted by atomic mass is 35.5. The van der Waals surface area contributed by atoms with Crippen molar-refractivity contribution in [2.75, 3.05) is 26.2 Å². The number of hydrogen-bond acceptors (Lipinski definition) is 4. The smallest absolute Gasteiger partial charge is 0.227 e. The molecule has 0 saturated carbocycles. The van der Waals surface area contributed by atoms with Crippen LogP contribution in [0.2, 0.25) is 10.0 Å². The van der Waals surface area contributed by atoms with E-state index in [1.54, 1.807) is 29.5 Å². The van der Waals surface area contributed by atoms with E-state index in [0.29, 0.717) is 15.6 Å². The van der Waals surface area contributed by atoms with Gasteiger partial charge in [-0.25, -0.2) is 4.98 Å². The van der Waals surface area contributed by atoms with Gasteiger partial charge in [-0.15, -0.1) is 11.3 Å². The molecule has 2 aromatic rings. The Kier molecular flexibility index (Phi) is 5.76. The third-order valence-corrected chi connectivity index (χ3v) is 5.70. The second kappa shape index (κ2) is 7.83. The maximum Gasteiger partial charge on any atom is 0.227 e. The second-order valence-corrected chi connectivity index (χ2v) is 7.77. The van der Waals surface area contributed by atoms with Gasteiger partial charge in [-0.1, -0.05) is 29.3 Å². The first kappa shape index (κ1) is 17.7. The summed E-state index contributed by atoms with van der Waals surface area (Å²) in [6.07, 6.45) is 0.254. The predicted octanol–water partition coefficient (Wildman–Crippen LogP) is 3.65. The third-order valence-electron chi connectivity index (χ3n) is 4.17. The number of aryl methyl sites for hydroxylation is 1. The summed E-state index contributed by atoms with van der Waals surface area (Å²) in [6.45, 7) is 6.04. The second-order valence-electron chi connectivity index (χ2n) is 5.89. The highest BCUT2D eigenvalue weighted by molar-refractivity contribution is 7.09. The number of halogens is 2. The van der Waals surface area contributed by atoms with Crippen LogP contribution in [0.5, 0.6) is 0 Å². The van der Waals surface area contributed by atoms with Crippen LogP contribution in [0.3, 0.4) is 0 Å². The SMILES string of the molecule is Cc1nc(CN2CCN(C(=O)Cc3c(Cl)cccc3Cl)CC2)cs1. The quantitative estimate of drug-likeness (QED) is 0.808. The molecule has 0 atom stereocenters. The van der Waals surface area contributed by atoms with Crippen molar-refractivity contribution in [1.82, 2.24) is 14.8 Å². The zero-order valence-corrected chi connectivity index (χ0v) is 15.8. The molecule has 1 amide bonds. The monoisotopic (exact) mass is 383 g/mol. The van der Waals surface area contributed by atoms with Crippen molar-refractivity contribution in [3.63, 3.8) is 0 Å². The number of piperazine rings is 1. The van der Waals surface area contributed by atoms with E-state index in [1.165, 1.54) is 0 Å². The minimum atomic E-state index is 0.0779. The highest BCUT2D eigenvalue weighted by Crippen LogP contribution is 2.25. The van der Waals surface area contributed by atoms with E-state index in [-0.39, 0.29) is 12.3 Å². The van der Waals surface area contributed by atoms with E-state index in [2.05, 4.69) is 15.3 Å². The number of carbonyl (C=O) groups excluding carboxylic acids is 1. The molecule has 2 heterocycles. The molecule has 7 heteroatoms. The Bertz CT molecular complexity index is 706. The minimum absolute atomic E-state index is 0.0779. The van der Waals surface area contributed by atoms with Gasteiger partial charge in [0, 0.05) is 48.1 Å². The van der Waals surface area contributed by atoms with Crippen LogP contribution < -0.4 is 0 Å². The molecule has 4 nitrogen and oxygen atoms in total. The third kappa shape index (κ3) is 4.28. The molecule has 1 aromatic heterocycles. The van der Waals surface area contributed by atoms with E-state index < -0.39 is 0 Å². The van der Waals surface area contributed by atoms with Gasteiger partial charge in [0.25, 0.3) is 0 Å². The predicted molar refractivity (Wildman–Crippen MR) is 98.9 cm³/mol. The molecular weight excluding hydrogens is 365 g/mol. The Morgan fingerprint density at radius 2 is 1.88 bits per heavy atom. The Hall–Kier alpha value is -1.14. The first-order chi connectivity index (χ1) is 11.5. The van der Waals surface area contributed by atoms with Gasteiger partial charge in [-0.05, 0) is 24.6 Å². The molecule has 0 aliphatic carbocycles. The number of nitrogens with zero attached hydrogens (tertiary/aromatic N) is 3. The first-order valence-corrected chi connectivity index (χ1v) is 9.50. The van der Waals surface area contributed by atoms with Gasteiger partial charge < -0.3 is 4.90 Å². The average molecular weight is 384 g/mol. The van der Waals surface area contributed by atoms with E-state index in [4.69, 9.17) is 23.2 Å². The highest BCUT2D eigenvalue weighted by Gasteiger charge is 2.23. The molecule has 0 unspecified atom stereocenters. The van der Waals surface area contributed by atoms with Gasteiger partial charge in [0.15, 0.2) is 0 Å². The summed E-state index contributed by atoms with van der Waals surface area (Å²) in [6, 6.07) is 5.32. The fourth-order valence-electron chi connectivity index (χ4n) is 2.83. The molecule has 1 aromatic carbocycles.